The van der Waals surface area contributed by atoms with Crippen molar-refractivity contribution < 1.29 is 0 Å². The molecule has 0 bridgehead atoms. The van der Waals surface area contributed by atoms with Gasteiger partial charge in [0.2, 0.25) is 0 Å². The Hall–Kier alpha value is -1.36. The molecule has 2 aromatic heterocycles. The van der Waals surface area contributed by atoms with Crippen molar-refractivity contribution in [2.24, 2.45) is 5.92 Å². The van der Waals surface area contributed by atoms with Gasteiger partial charge in [0.15, 0.2) is 0 Å². The first kappa shape index (κ1) is 14.1. The average Bonchev–Trinajstić information content (AvgIpc) is 2.82. The van der Waals surface area contributed by atoms with E-state index in [2.05, 4.69) is 41.2 Å². The standard InChI is InChI=1S/C13H20ClN5/c1-5-8(2)6-9(3)17-12-10(4)11(14)18-13-15-7-16-19(12)13/h7-9,17H,5-6H2,1-4H3. The SMILES string of the molecule is CCC(C)CC(C)Nc1c(C)c(Cl)nc2ncnn12. The summed E-state index contributed by atoms with van der Waals surface area (Å²) in [5.41, 5.74) is 0.899. The summed E-state index contributed by atoms with van der Waals surface area (Å²) in [7, 11) is 0. The molecule has 0 radical (unpaired) electrons. The van der Waals surface area contributed by atoms with Crippen LogP contribution in [-0.2, 0) is 0 Å². The molecule has 19 heavy (non-hydrogen) atoms. The topological polar surface area (TPSA) is 55.1 Å². The molecule has 0 amide bonds. The van der Waals surface area contributed by atoms with Crippen LogP contribution in [-0.4, -0.2) is 25.6 Å². The summed E-state index contributed by atoms with van der Waals surface area (Å²) in [6.45, 7) is 8.58. The fourth-order valence-corrected chi connectivity index (χ4v) is 2.29. The second-order valence-corrected chi connectivity index (χ2v) is 5.50. The van der Waals surface area contributed by atoms with Gasteiger partial charge in [0, 0.05) is 11.6 Å². The van der Waals surface area contributed by atoms with Crippen LogP contribution in [0.15, 0.2) is 6.33 Å². The molecule has 2 atom stereocenters. The molecule has 1 N–H and O–H groups in total. The van der Waals surface area contributed by atoms with Crippen molar-refractivity contribution in [2.75, 3.05) is 5.32 Å². The van der Waals surface area contributed by atoms with Crippen molar-refractivity contribution in [3.63, 3.8) is 0 Å². The van der Waals surface area contributed by atoms with Gasteiger partial charge in [-0.05, 0) is 26.2 Å². The lowest BCUT2D eigenvalue weighted by Crippen LogP contribution is -2.21. The zero-order valence-electron chi connectivity index (χ0n) is 11.8. The van der Waals surface area contributed by atoms with Crippen LogP contribution in [0, 0.1) is 12.8 Å². The van der Waals surface area contributed by atoms with Gasteiger partial charge in [-0.1, -0.05) is 31.9 Å². The molecule has 0 spiro atoms. The van der Waals surface area contributed by atoms with Crippen LogP contribution in [0.3, 0.4) is 0 Å². The fraction of sp³-hybridized carbons (Fsp3) is 0.615. The molecule has 0 fully saturated rings. The van der Waals surface area contributed by atoms with Crippen molar-refractivity contribution >= 4 is 23.2 Å². The van der Waals surface area contributed by atoms with E-state index in [4.69, 9.17) is 11.6 Å². The zero-order valence-corrected chi connectivity index (χ0v) is 12.6. The smallest absolute Gasteiger partial charge is 0.255 e. The van der Waals surface area contributed by atoms with E-state index in [1.165, 1.54) is 12.7 Å². The lowest BCUT2D eigenvalue weighted by molar-refractivity contribution is 0.482. The van der Waals surface area contributed by atoms with E-state index in [1.807, 2.05) is 6.92 Å². The molecule has 2 rings (SSSR count). The molecule has 0 saturated heterocycles. The Balaban J connectivity index is 2.28. The van der Waals surface area contributed by atoms with Gasteiger partial charge in [0.05, 0.1) is 0 Å². The molecule has 0 saturated carbocycles. The highest BCUT2D eigenvalue weighted by Gasteiger charge is 2.15. The highest BCUT2D eigenvalue weighted by molar-refractivity contribution is 6.30. The monoisotopic (exact) mass is 281 g/mol. The third kappa shape index (κ3) is 2.97. The van der Waals surface area contributed by atoms with Crippen LogP contribution in [0.2, 0.25) is 5.15 Å². The predicted molar refractivity (Wildman–Crippen MR) is 77.7 cm³/mol. The normalized spacial score (nSPS) is 14.6. The summed E-state index contributed by atoms with van der Waals surface area (Å²) in [4.78, 5) is 8.28. The van der Waals surface area contributed by atoms with Gasteiger partial charge in [-0.3, -0.25) is 0 Å². The first-order chi connectivity index (χ1) is 9.02. The van der Waals surface area contributed by atoms with Gasteiger partial charge in [0.1, 0.15) is 17.3 Å². The molecule has 0 aliphatic heterocycles. The van der Waals surface area contributed by atoms with Crippen molar-refractivity contribution in [3.8, 4) is 0 Å². The first-order valence-corrected chi connectivity index (χ1v) is 7.03. The third-order valence-corrected chi connectivity index (χ3v) is 3.81. The number of halogens is 1. The quantitative estimate of drug-likeness (QED) is 0.854. The molecular weight excluding hydrogens is 262 g/mol. The largest absolute Gasteiger partial charge is 0.367 e. The predicted octanol–water partition coefficient (Wildman–Crippen LogP) is 3.32. The maximum absolute atomic E-state index is 6.13. The lowest BCUT2D eigenvalue weighted by Gasteiger charge is -2.20. The molecule has 0 aliphatic carbocycles. The average molecular weight is 282 g/mol. The van der Waals surface area contributed by atoms with Crippen LogP contribution in [0.1, 0.15) is 39.2 Å². The Bertz CT molecular complexity index is 565. The summed E-state index contributed by atoms with van der Waals surface area (Å²) in [5.74, 6) is 2.09. The molecule has 2 unspecified atom stereocenters. The maximum atomic E-state index is 6.13. The van der Waals surface area contributed by atoms with E-state index in [0.29, 0.717) is 22.9 Å². The molecular formula is C13H20ClN5. The summed E-state index contributed by atoms with van der Waals surface area (Å²) < 4.78 is 1.70. The van der Waals surface area contributed by atoms with Crippen LogP contribution in [0.25, 0.3) is 5.78 Å². The fourth-order valence-electron chi connectivity index (χ4n) is 2.13. The van der Waals surface area contributed by atoms with Crippen molar-refractivity contribution in [1.29, 1.82) is 0 Å². The molecule has 2 aromatic rings. The number of rotatable bonds is 5. The Kier molecular flexibility index (Phi) is 4.24. The molecule has 0 aliphatic rings. The van der Waals surface area contributed by atoms with Gasteiger partial charge < -0.3 is 5.32 Å². The van der Waals surface area contributed by atoms with Crippen LogP contribution in [0.4, 0.5) is 5.82 Å². The van der Waals surface area contributed by atoms with Gasteiger partial charge in [-0.25, -0.2) is 0 Å². The third-order valence-electron chi connectivity index (χ3n) is 3.44. The minimum Gasteiger partial charge on any atom is -0.367 e. The molecule has 104 valence electrons. The number of anilines is 1. The Morgan fingerprint density at radius 1 is 1.42 bits per heavy atom. The van der Waals surface area contributed by atoms with Crippen LogP contribution < -0.4 is 5.32 Å². The number of nitrogens with zero attached hydrogens (tertiary/aromatic N) is 4. The van der Waals surface area contributed by atoms with Crippen LogP contribution >= 0.6 is 11.6 Å². The molecule has 2 heterocycles. The number of hydrogen-bond donors (Lipinski definition) is 1. The number of fused-ring (bicyclic) bond motifs is 1. The summed E-state index contributed by atoms with van der Waals surface area (Å²) in [6, 6.07) is 0.347. The second kappa shape index (κ2) is 5.74. The Morgan fingerprint density at radius 3 is 2.84 bits per heavy atom. The molecule has 6 heteroatoms. The highest BCUT2D eigenvalue weighted by Crippen LogP contribution is 2.23. The molecule has 5 nitrogen and oxygen atoms in total. The zero-order chi connectivity index (χ0) is 14.0. The van der Waals surface area contributed by atoms with E-state index in [9.17, 15) is 0 Å². The number of hydrogen-bond acceptors (Lipinski definition) is 4. The van der Waals surface area contributed by atoms with E-state index in [0.717, 1.165) is 17.8 Å². The van der Waals surface area contributed by atoms with Gasteiger partial charge in [-0.15, -0.1) is 0 Å². The number of nitrogens with one attached hydrogen (secondary N) is 1. The second-order valence-electron chi connectivity index (χ2n) is 5.14. The minimum atomic E-state index is 0.347. The van der Waals surface area contributed by atoms with E-state index < -0.39 is 0 Å². The van der Waals surface area contributed by atoms with Gasteiger partial charge >= 0.3 is 0 Å². The molecule has 0 aromatic carbocycles. The van der Waals surface area contributed by atoms with E-state index >= 15 is 0 Å². The summed E-state index contributed by atoms with van der Waals surface area (Å²) in [5, 5.41) is 8.15. The van der Waals surface area contributed by atoms with Crippen molar-refractivity contribution in [3.05, 3.63) is 17.0 Å². The Labute approximate surface area is 118 Å². The highest BCUT2D eigenvalue weighted by atomic mass is 35.5. The lowest BCUT2D eigenvalue weighted by atomic mass is 10.0. The van der Waals surface area contributed by atoms with E-state index in [1.54, 1.807) is 4.52 Å². The number of aromatic nitrogens is 4. The summed E-state index contributed by atoms with van der Waals surface area (Å²) in [6.07, 6.45) is 3.77. The van der Waals surface area contributed by atoms with Crippen LogP contribution in [0.5, 0.6) is 0 Å². The van der Waals surface area contributed by atoms with Gasteiger partial charge in [-0.2, -0.15) is 19.6 Å². The maximum Gasteiger partial charge on any atom is 0.255 e. The minimum absolute atomic E-state index is 0.347. The van der Waals surface area contributed by atoms with Crippen molar-refractivity contribution in [1.82, 2.24) is 19.6 Å². The van der Waals surface area contributed by atoms with Crippen molar-refractivity contribution in [2.45, 2.75) is 46.6 Å². The Morgan fingerprint density at radius 2 is 2.16 bits per heavy atom. The van der Waals surface area contributed by atoms with Gasteiger partial charge in [0.25, 0.3) is 5.78 Å². The van der Waals surface area contributed by atoms with E-state index in [-0.39, 0.29) is 0 Å². The first-order valence-electron chi connectivity index (χ1n) is 6.65. The summed E-state index contributed by atoms with van der Waals surface area (Å²) >= 11 is 6.13.